The predicted octanol–water partition coefficient (Wildman–Crippen LogP) is 11.5. The minimum atomic E-state index is -4.78. The summed E-state index contributed by atoms with van der Waals surface area (Å²) in [6.45, 7) is 0.450. The molecule has 0 aromatic heterocycles. The van der Waals surface area contributed by atoms with E-state index in [1.807, 2.05) is 0 Å². The van der Waals surface area contributed by atoms with E-state index in [4.69, 9.17) is 14.0 Å². The second-order valence-corrected chi connectivity index (χ2v) is 20.1. The maximum atomic E-state index is 12.2. The van der Waals surface area contributed by atoms with Gasteiger partial charge in [-0.15, -0.1) is 0 Å². The predicted molar refractivity (Wildman–Crippen MR) is 252 cm³/mol. The fraction of sp³-hybridized carbons (Fsp3) is 0.915. The molecule has 5 atom stereocenters. The minimum Gasteiger partial charge on any atom is -0.463 e. The highest BCUT2D eigenvalue weighted by molar-refractivity contribution is 7.47. The van der Waals surface area contributed by atoms with Gasteiger partial charge in [-0.1, -0.05) is 180 Å². The molecular formula is C47H92O15P2. The van der Waals surface area contributed by atoms with Gasteiger partial charge in [0.1, 0.15) is 31.5 Å². The van der Waals surface area contributed by atoms with Gasteiger partial charge < -0.3 is 34.6 Å². The van der Waals surface area contributed by atoms with Crippen LogP contribution in [0.15, 0.2) is 12.2 Å². The van der Waals surface area contributed by atoms with Crippen molar-refractivity contribution < 1.29 is 71.4 Å². The van der Waals surface area contributed by atoms with E-state index in [1.54, 1.807) is 0 Å². The third-order valence-corrected chi connectivity index (χ3v) is 12.6. The number of hydrogen-bond donors (Lipinski definition) is 5. The number of phosphoric acid groups is 2. The summed E-state index contributed by atoms with van der Waals surface area (Å²) in [7, 11) is -9.56. The van der Waals surface area contributed by atoms with E-state index < -0.39 is 85.5 Å². The molecule has 15 nitrogen and oxygen atoms in total. The molecule has 0 aliphatic rings. The molecule has 5 unspecified atom stereocenters. The van der Waals surface area contributed by atoms with E-state index in [1.165, 1.54) is 141 Å². The van der Waals surface area contributed by atoms with E-state index >= 15 is 0 Å². The first-order chi connectivity index (χ1) is 30.8. The van der Waals surface area contributed by atoms with E-state index in [0.29, 0.717) is 12.8 Å². The number of aliphatic hydroxyl groups excluding tert-OH is 3. The fourth-order valence-electron chi connectivity index (χ4n) is 6.80. The van der Waals surface area contributed by atoms with Gasteiger partial charge in [-0.05, 0) is 38.5 Å². The van der Waals surface area contributed by atoms with Crippen molar-refractivity contribution >= 4 is 27.6 Å². The van der Waals surface area contributed by atoms with Gasteiger partial charge in [0.2, 0.25) is 0 Å². The first-order valence-electron chi connectivity index (χ1n) is 25.0. The number of esters is 2. The second-order valence-electron chi connectivity index (χ2n) is 17.2. The summed E-state index contributed by atoms with van der Waals surface area (Å²) in [6, 6.07) is 0. The average Bonchev–Trinajstić information content (AvgIpc) is 3.27. The van der Waals surface area contributed by atoms with Crippen molar-refractivity contribution in [3.05, 3.63) is 12.2 Å². The number of ether oxygens (including phenoxy) is 2. The lowest BCUT2D eigenvalue weighted by atomic mass is 10.0. The lowest BCUT2D eigenvalue weighted by molar-refractivity contribution is -0.148. The molecule has 0 fully saturated rings. The Hall–Kier alpha value is -1.22. The third kappa shape index (κ3) is 45.9. The third-order valence-electron chi connectivity index (χ3n) is 10.7. The van der Waals surface area contributed by atoms with Gasteiger partial charge in [0.15, 0.2) is 0 Å². The van der Waals surface area contributed by atoms with Gasteiger partial charge in [-0.3, -0.25) is 27.7 Å². The Balaban J connectivity index is 3.84. The Morgan fingerprint density at radius 1 is 0.391 bits per heavy atom. The molecule has 0 radical (unpaired) electrons. The fourth-order valence-corrected chi connectivity index (χ4v) is 8.39. The zero-order valence-corrected chi connectivity index (χ0v) is 41.8. The van der Waals surface area contributed by atoms with Crippen LogP contribution in [-0.2, 0) is 46.3 Å². The number of rotatable bonds is 49. The molecule has 17 heteroatoms. The Morgan fingerprint density at radius 3 is 0.906 bits per heavy atom. The summed E-state index contributed by atoms with van der Waals surface area (Å²) in [5.74, 6) is -0.989. The highest BCUT2D eigenvalue weighted by atomic mass is 31.2. The number of carbonyl (C=O) groups is 2. The van der Waals surface area contributed by atoms with Crippen LogP contribution in [0.3, 0.4) is 0 Å². The van der Waals surface area contributed by atoms with Crippen molar-refractivity contribution in [2.24, 2.45) is 0 Å². The lowest BCUT2D eigenvalue weighted by Gasteiger charge is -2.19. The molecule has 0 saturated heterocycles. The van der Waals surface area contributed by atoms with Gasteiger partial charge in [-0.25, -0.2) is 9.13 Å². The van der Waals surface area contributed by atoms with Gasteiger partial charge in [0.05, 0.1) is 26.4 Å². The lowest BCUT2D eigenvalue weighted by Crippen LogP contribution is -2.25. The summed E-state index contributed by atoms with van der Waals surface area (Å²) in [6.07, 6.45) is 36.3. The summed E-state index contributed by atoms with van der Waals surface area (Å²) >= 11 is 0. The van der Waals surface area contributed by atoms with Gasteiger partial charge in [0.25, 0.3) is 0 Å². The van der Waals surface area contributed by atoms with Crippen LogP contribution in [0.25, 0.3) is 0 Å². The quantitative estimate of drug-likeness (QED) is 0.0165. The zero-order valence-electron chi connectivity index (χ0n) is 40.0. The van der Waals surface area contributed by atoms with Crippen molar-refractivity contribution in [2.45, 2.75) is 238 Å². The van der Waals surface area contributed by atoms with E-state index in [9.17, 15) is 43.8 Å². The van der Waals surface area contributed by atoms with Crippen LogP contribution in [0.1, 0.15) is 219 Å². The Kier molecular flexibility index (Phi) is 43.5. The number of phosphoric ester groups is 2. The van der Waals surface area contributed by atoms with Crippen molar-refractivity contribution in [1.29, 1.82) is 0 Å². The van der Waals surface area contributed by atoms with E-state index in [-0.39, 0.29) is 12.8 Å². The van der Waals surface area contributed by atoms with Crippen LogP contribution in [0.5, 0.6) is 0 Å². The van der Waals surface area contributed by atoms with Crippen molar-refractivity contribution in [3.8, 4) is 0 Å². The normalized spacial score (nSPS) is 15.2. The van der Waals surface area contributed by atoms with Crippen LogP contribution < -0.4 is 0 Å². The smallest absolute Gasteiger partial charge is 0.463 e. The molecule has 0 saturated carbocycles. The van der Waals surface area contributed by atoms with Crippen molar-refractivity contribution in [1.82, 2.24) is 0 Å². The summed E-state index contributed by atoms with van der Waals surface area (Å²) < 4.78 is 53.0. The van der Waals surface area contributed by atoms with Crippen LogP contribution in [0, 0.1) is 0 Å². The second kappa shape index (κ2) is 44.3. The van der Waals surface area contributed by atoms with Gasteiger partial charge in [-0.2, -0.15) is 0 Å². The Labute approximate surface area is 387 Å². The first-order valence-corrected chi connectivity index (χ1v) is 28.0. The van der Waals surface area contributed by atoms with E-state index in [2.05, 4.69) is 39.6 Å². The van der Waals surface area contributed by atoms with Crippen LogP contribution in [-0.4, -0.2) is 95.0 Å². The largest absolute Gasteiger partial charge is 0.472 e. The number of hydrogen-bond acceptors (Lipinski definition) is 13. The molecular weight excluding hydrogens is 866 g/mol. The Bertz CT molecular complexity index is 1210. The standard InChI is InChI=1S/C47H92O15P2/c1-3-5-7-9-11-13-15-17-18-19-20-21-22-24-26-28-30-32-34-36-47(52)58-38-44(49)40-60-64(55,56)62-42-45(50)41-61-63(53,54)59-39-43(48)37-57-46(51)35-33-31-29-27-25-23-16-14-12-10-8-6-4-2/h17-18,43-45,48-50H,3-16,19-42H2,1-2H3,(H,53,54)(H,55,56)/b18-17+. The molecule has 0 spiro atoms. The van der Waals surface area contributed by atoms with E-state index in [0.717, 1.165) is 38.5 Å². The Morgan fingerprint density at radius 2 is 0.625 bits per heavy atom. The molecule has 0 bridgehead atoms. The topological polar surface area (TPSA) is 225 Å². The summed E-state index contributed by atoms with van der Waals surface area (Å²) in [5.41, 5.74) is 0. The molecule has 0 aromatic rings. The molecule has 0 aromatic carbocycles. The maximum absolute atomic E-state index is 12.2. The maximum Gasteiger partial charge on any atom is 0.472 e. The highest BCUT2D eigenvalue weighted by Gasteiger charge is 2.28. The van der Waals surface area contributed by atoms with Crippen molar-refractivity contribution in [3.63, 3.8) is 0 Å². The average molecular weight is 959 g/mol. The van der Waals surface area contributed by atoms with Crippen molar-refractivity contribution in [2.75, 3.05) is 39.6 Å². The molecule has 0 aliphatic heterocycles. The molecule has 5 N–H and O–H groups in total. The summed E-state index contributed by atoms with van der Waals surface area (Å²) in [5, 5.41) is 30.0. The molecule has 0 rings (SSSR count). The molecule has 380 valence electrons. The molecule has 0 aliphatic carbocycles. The molecule has 0 heterocycles. The van der Waals surface area contributed by atoms with Gasteiger partial charge >= 0.3 is 27.6 Å². The van der Waals surface area contributed by atoms with Gasteiger partial charge in [0, 0.05) is 12.8 Å². The van der Waals surface area contributed by atoms with Crippen LogP contribution >= 0.6 is 15.6 Å². The van der Waals surface area contributed by atoms with Crippen LogP contribution in [0.4, 0.5) is 0 Å². The monoisotopic (exact) mass is 959 g/mol. The molecule has 0 amide bonds. The SMILES string of the molecule is CCCCCCCC/C=C/CCCCCCCCCCCC(=O)OCC(O)COP(=O)(O)OCC(O)COP(=O)(O)OCC(O)COC(=O)CCCCCCCCCCCCCCC. The van der Waals surface area contributed by atoms with Crippen LogP contribution in [0.2, 0.25) is 0 Å². The summed E-state index contributed by atoms with van der Waals surface area (Å²) in [4.78, 5) is 43.8. The minimum absolute atomic E-state index is 0.197. The number of carbonyl (C=O) groups excluding carboxylic acids is 2. The zero-order chi connectivity index (χ0) is 47.4. The number of aliphatic hydroxyl groups is 3. The highest BCUT2D eigenvalue weighted by Crippen LogP contribution is 2.45. The number of unbranched alkanes of at least 4 members (excludes halogenated alkanes) is 27. The number of allylic oxidation sites excluding steroid dienone is 2. The first kappa shape index (κ1) is 62.8. The molecule has 64 heavy (non-hydrogen) atoms.